The van der Waals surface area contributed by atoms with Crippen LogP contribution in [0.3, 0.4) is 0 Å². The van der Waals surface area contributed by atoms with Gasteiger partial charge in [0.25, 0.3) is 0 Å². The normalized spacial score (nSPS) is 20.6. The molecule has 1 heterocycles. The number of nitrogens with zero attached hydrogens (tertiary/aromatic N) is 2. The van der Waals surface area contributed by atoms with Gasteiger partial charge in [-0.05, 0) is 26.2 Å². The molecular formula is C16H30IN5O2. The van der Waals surface area contributed by atoms with Crippen LogP contribution < -0.4 is 16.0 Å². The highest BCUT2D eigenvalue weighted by molar-refractivity contribution is 14.0. The third kappa shape index (κ3) is 6.82. The van der Waals surface area contributed by atoms with Gasteiger partial charge < -0.3 is 20.9 Å². The summed E-state index contributed by atoms with van der Waals surface area (Å²) in [6, 6.07) is 0.542. The van der Waals surface area contributed by atoms with Crippen molar-refractivity contribution < 1.29 is 9.59 Å². The third-order valence-electron chi connectivity index (χ3n) is 4.00. The molecule has 0 aromatic rings. The Balaban J connectivity index is 0.00000288. The standard InChI is InChI=1S/C16H29N5O2.HI/c1-4-17-16(18-9-14(22)19-12-5-6-12)20-13-7-8-21(10-13)15(23)11(2)3;/h11-13H,4-10H2,1-3H3,(H,19,22)(H2,17,18,20);1H. The van der Waals surface area contributed by atoms with Crippen molar-refractivity contribution in [3.05, 3.63) is 0 Å². The number of hydrogen-bond donors (Lipinski definition) is 3. The van der Waals surface area contributed by atoms with E-state index in [0.717, 1.165) is 32.4 Å². The molecular weight excluding hydrogens is 421 g/mol. The van der Waals surface area contributed by atoms with Gasteiger partial charge in [0.1, 0.15) is 6.54 Å². The number of nitrogens with one attached hydrogen (secondary N) is 3. The van der Waals surface area contributed by atoms with Crippen LogP contribution >= 0.6 is 24.0 Å². The van der Waals surface area contributed by atoms with E-state index in [2.05, 4.69) is 20.9 Å². The van der Waals surface area contributed by atoms with Gasteiger partial charge in [0.05, 0.1) is 0 Å². The Morgan fingerprint density at radius 2 is 1.88 bits per heavy atom. The summed E-state index contributed by atoms with van der Waals surface area (Å²) < 4.78 is 0. The number of likely N-dealkylation sites (tertiary alicyclic amines) is 1. The SMILES string of the molecule is CCNC(=NCC(=O)NC1CC1)NC1CCN(C(=O)C(C)C)C1.I. The summed E-state index contributed by atoms with van der Waals surface area (Å²) in [7, 11) is 0. The molecule has 8 heteroatoms. The number of carbonyl (C=O) groups is 2. The number of rotatable bonds is 6. The Bertz CT molecular complexity index is 465. The molecule has 7 nitrogen and oxygen atoms in total. The largest absolute Gasteiger partial charge is 0.357 e. The molecule has 1 saturated carbocycles. The van der Waals surface area contributed by atoms with E-state index in [-0.39, 0.29) is 54.3 Å². The zero-order chi connectivity index (χ0) is 16.8. The summed E-state index contributed by atoms with van der Waals surface area (Å²) in [5, 5.41) is 9.41. The molecule has 1 unspecified atom stereocenters. The van der Waals surface area contributed by atoms with Gasteiger partial charge in [-0.15, -0.1) is 24.0 Å². The maximum atomic E-state index is 12.0. The van der Waals surface area contributed by atoms with Gasteiger partial charge in [0.15, 0.2) is 5.96 Å². The lowest BCUT2D eigenvalue weighted by Gasteiger charge is -2.20. The van der Waals surface area contributed by atoms with Crippen molar-refractivity contribution in [3.8, 4) is 0 Å². The number of carbonyl (C=O) groups excluding carboxylic acids is 2. The van der Waals surface area contributed by atoms with Gasteiger partial charge in [0, 0.05) is 37.6 Å². The molecule has 1 aliphatic heterocycles. The first kappa shape index (κ1) is 21.0. The number of hydrogen-bond acceptors (Lipinski definition) is 3. The van der Waals surface area contributed by atoms with Crippen molar-refractivity contribution in [1.82, 2.24) is 20.9 Å². The second-order valence-electron chi connectivity index (χ2n) is 6.61. The molecule has 24 heavy (non-hydrogen) atoms. The van der Waals surface area contributed by atoms with Crippen molar-refractivity contribution >= 4 is 41.8 Å². The lowest BCUT2D eigenvalue weighted by Crippen LogP contribution is -2.45. The van der Waals surface area contributed by atoms with Gasteiger partial charge in [-0.2, -0.15) is 0 Å². The van der Waals surface area contributed by atoms with Crippen molar-refractivity contribution in [2.75, 3.05) is 26.2 Å². The fraction of sp³-hybridized carbons (Fsp3) is 0.812. The average Bonchev–Trinajstić information content (AvgIpc) is 3.19. The zero-order valence-corrected chi connectivity index (χ0v) is 17.1. The molecule has 2 fully saturated rings. The number of guanidine groups is 1. The minimum atomic E-state index is -0.0345. The lowest BCUT2D eigenvalue weighted by molar-refractivity contribution is -0.133. The van der Waals surface area contributed by atoms with E-state index in [1.807, 2.05) is 25.7 Å². The first-order valence-electron chi connectivity index (χ1n) is 8.62. The molecule has 0 bridgehead atoms. The molecule has 2 amide bonds. The molecule has 1 aliphatic carbocycles. The minimum Gasteiger partial charge on any atom is -0.357 e. The van der Waals surface area contributed by atoms with Crippen LogP contribution in [0.4, 0.5) is 0 Å². The van der Waals surface area contributed by atoms with E-state index in [1.54, 1.807) is 0 Å². The third-order valence-corrected chi connectivity index (χ3v) is 4.00. The maximum Gasteiger partial charge on any atom is 0.242 e. The van der Waals surface area contributed by atoms with Gasteiger partial charge >= 0.3 is 0 Å². The van der Waals surface area contributed by atoms with Crippen molar-refractivity contribution in [1.29, 1.82) is 0 Å². The van der Waals surface area contributed by atoms with Gasteiger partial charge in [-0.25, -0.2) is 4.99 Å². The molecule has 3 N–H and O–H groups in total. The molecule has 138 valence electrons. The molecule has 0 aromatic carbocycles. The van der Waals surface area contributed by atoms with Gasteiger partial charge in [0.2, 0.25) is 11.8 Å². The molecule has 0 spiro atoms. The molecule has 1 atom stereocenters. The maximum absolute atomic E-state index is 12.0. The predicted molar refractivity (Wildman–Crippen MR) is 106 cm³/mol. The zero-order valence-electron chi connectivity index (χ0n) is 14.8. The van der Waals surface area contributed by atoms with E-state index in [1.165, 1.54) is 0 Å². The van der Waals surface area contributed by atoms with E-state index in [9.17, 15) is 9.59 Å². The Labute approximate surface area is 161 Å². The summed E-state index contributed by atoms with van der Waals surface area (Å²) >= 11 is 0. The number of amides is 2. The van der Waals surface area contributed by atoms with Crippen LogP contribution in [0, 0.1) is 5.92 Å². The molecule has 0 aromatic heterocycles. The second kappa shape index (κ2) is 10.0. The Kier molecular flexibility index (Phi) is 8.79. The van der Waals surface area contributed by atoms with E-state index in [4.69, 9.17) is 0 Å². The first-order valence-corrected chi connectivity index (χ1v) is 8.62. The van der Waals surface area contributed by atoms with Crippen molar-refractivity contribution in [3.63, 3.8) is 0 Å². The molecule has 0 radical (unpaired) electrons. The molecule has 1 saturated heterocycles. The number of aliphatic imine (C=N–C) groups is 1. The summed E-state index contributed by atoms with van der Waals surface area (Å²) in [6.07, 6.45) is 3.06. The Morgan fingerprint density at radius 1 is 1.17 bits per heavy atom. The van der Waals surface area contributed by atoms with Crippen molar-refractivity contribution in [2.45, 2.75) is 52.1 Å². The van der Waals surface area contributed by atoms with E-state index in [0.29, 0.717) is 18.5 Å². The van der Waals surface area contributed by atoms with Crippen LogP contribution in [0.1, 0.15) is 40.0 Å². The fourth-order valence-electron chi connectivity index (χ4n) is 2.61. The van der Waals surface area contributed by atoms with Crippen molar-refractivity contribution in [2.24, 2.45) is 10.9 Å². The fourth-order valence-corrected chi connectivity index (χ4v) is 2.61. The number of halogens is 1. The summed E-state index contributed by atoms with van der Waals surface area (Å²) in [6.45, 7) is 8.17. The average molecular weight is 451 g/mol. The Hall–Kier alpha value is -1.06. The highest BCUT2D eigenvalue weighted by Gasteiger charge is 2.28. The molecule has 2 rings (SSSR count). The Morgan fingerprint density at radius 3 is 2.46 bits per heavy atom. The van der Waals surface area contributed by atoms with Crippen LogP contribution in [-0.2, 0) is 9.59 Å². The lowest BCUT2D eigenvalue weighted by atomic mass is 10.2. The van der Waals surface area contributed by atoms with Crippen LogP contribution in [0.2, 0.25) is 0 Å². The van der Waals surface area contributed by atoms with Crippen LogP contribution in [-0.4, -0.2) is 60.9 Å². The summed E-state index contributed by atoms with van der Waals surface area (Å²) in [4.78, 5) is 30.0. The van der Waals surface area contributed by atoms with Crippen LogP contribution in [0.25, 0.3) is 0 Å². The first-order chi connectivity index (χ1) is 11.0. The molecule has 2 aliphatic rings. The highest BCUT2D eigenvalue weighted by atomic mass is 127. The highest BCUT2D eigenvalue weighted by Crippen LogP contribution is 2.18. The summed E-state index contributed by atoms with van der Waals surface area (Å²) in [5.41, 5.74) is 0. The topological polar surface area (TPSA) is 85.8 Å². The smallest absolute Gasteiger partial charge is 0.242 e. The van der Waals surface area contributed by atoms with Crippen LogP contribution in [0.15, 0.2) is 4.99 Å². The van der Waals surface area contributed by atoms with Gasteiger partial charge in [-0.1, -0.05) is 13.8 Å². The minimum absolute atomic E-state index is 0. The van der Waals surface area contributed by atoms with E-state index < -0.39 is 0 Å². The second-order valence-corrected chi connectivity index (χ2v) is 6.61. The van der Waals surface area contributed by atoms with Crippen LogP contribution in [0.5, 0.6) is 0 Å². The summed E-state index contributed by atoms with van der Waals surface area (Å²) in [5.74, 6) is 0.830. The van der Waals surface area contributed by atoms with E-state index >= 15 is 0 Å². The monoisotopic (exact) mass is 451 g/mol. The van der Waals surface area contributed by atoms with Gasteiger partial charge in [-0.3, -0.25) is 9.59 Å². The predicted octanol–water partition coefficient (Wildman–Crippen LogP) is 0.695. The quantitative estimate of drug-likeness (QED) is 0.315.